The number of carbonyl (C=O) groups excluding carboxylic acids is 4. The number of amides is 3. The molecule has 1 saturated heterocycles. The molecular formula is C23H31N3O6. The van der Waals surface area contributed by atoms with E-state index in [4.69, 9.17) is 9.47 Å². The predicted molar refractivity (Wildman–Crippen MR) is 119 cm³/mol. The Hall–Kier alpha value is -3.36. The predicted octanol–water partition coefficient (Wildman–Crippen LogP) is 1.61. The maximum atomic E-state index is 13.5. The fraction of sp³-hybridized carbons (Fsp3) is 0.478. The van der Waals surface area contributed by atoms with Gasteiger partial charge in [0, 0.05) is 26.6 Å². The van der Waals surface area contributed by atoms with Gasteiger partial charge in [0.2, 0.25) is 11.9 Å². The molecule has 0 bridgehead atoms. The Kier molecular flexibility index (Phi) is 8.02. The molecular weight excluding hydrogens is 414 g/mol. The number of hydrogen-bond acceptors (Lipinski definition) is 6. The Morgan fingerprint density at radius 3 is 2.38 bits per heavy atom. The van der Waals surface area contributed by atoms with Gasteiger partial charge < -0.3 is 24.6 Å². The lowest BCUT2D eigenvalue weighted by Crippen LogP contribution is -2.64. The number of benzene rings is 1. The molecule has 0 aromatic heterocycles. The van der Waals surface area contributed by atoms with Crippen molar-refractivity contribution >= 4 is 30.0 Å². The number of piperazine rings is 1. The minimum Gasteiger partial charge on any atom is -0.467 e. The maximum Gasteiger partial charge on any atom is 0.408 e. The van der Waals surface area contributed by atoms with E-state index < -0.39 is 41.6 Å². The lowest BCUT2D eigenvalue weighted by atomic mass is 10.0. The lowest BCUT2D eigenvalue weighted by Gasteiger charge is -2.39. The van der Waals surface area contributed by atoms with Crippen LogP contribution < -0.4 is 5.32 Å². The molecule has 1 aromatic carbocycles. The van der Waals surface area contributed by atoms with E-state index in [9.17, 15) is 19.2 Å². The molecule has 1 unspecified atom stereocenters. The first-order chi connectivity index (χ1) is 15.0. The van der Waals surface area contributed by atoms with Crippen molar-refractivity contribution in [1.29, 1.82) is 0 Å². The summed E-state index contributed by atoms with van der Waals surface area (Å²) >= 11 is 0. The molecule has 1 heterocycles. The molecule has 32 heavy (non-hydrogen) atoms. The summed E-state index contributed by atoms with van der Waals surface area (Å²) in [5.41, 5.74) is 0.925. The van der Waals surface area contributed by atoms with E-state index in [1.54, 1.807) is 33.9 Å². The molecule has 0 aliphatic carbocycles. The molecule has 9 nitrogen and oxygen atoms in total. The smallest absolute Gasteiger partial charge is 0.408 e. The summed E-state index contributed by atoms with van der Waals surface area (Å²) in [6, 6.07) is 4.87. The highest BCUT2D eigenvalue weighted by molar-refractivity contribution is 6.06. The lowest BCUT2D eigenvalue weighted by molar-refractivity contribution is -0.164. The summed E-state index contributed by atoms with van der Waals surface area (Å²) in [5.74, 6) is -1.94. The largest absolute Gasteiger partial charge is 0.467 e. The Labute approximate surface area is 188 Å². The SMILES string of the molecule is C=Cc1ccc(CC(NC(=O)OC(C)(C)C)C(=O)N2CCN(C)C(=O)[C@H]2C(=O)OC)cc1. The van der Waals surface area contributed by atoms with Crippen LogP contribution in [0.25, 0.3) is 6.08 Å². The van der Waals surface area contributed by atoms with Crippen molar-refractivity contribution in [2.24, 2.45) is 0 Å². The normalized spacial score (nSPS) is 17.4. The standard InChI is InChI=1S/C23H31N3O6/c1-7-15-8-10-16(11-9-15)14-17(24-22(30)32-23(2,3)4)19(27)26-13-12-25(5)20(28)18(26)21(29)31-6/h7-11,17-18H,1,12-14H2,2-6H3,(H,24,30)/t17?,18-/m0/s1. The fourth-order valence-electron chi connectivity index (χ4n) is 3.29. The maximum absolute atomic E-state index is 13.5. The van der Waals surface area contributed by atoms with Gasteiger partial charge >= 0.3 is 12.1 Å². The molecule has 1 N–H and O–H groups in total. The van der Waals surface area contributed by atoms with E-state index in [1.807, 2.05) is 24.3 Å². The van der Waals surface area contributed by atoms with E-state index >= 15 is 0 Å². The monoisotopic (exact) mass is 445 g/mol. The first-order valence-corrected chi connectivity index (χ1v) is 10.3. The summed E-state index contributed by atoms with van der Waals surface area (Å²) in [6.07, 6.45) is 1.07. The molecule has 1 aromatic rings. The van der Waals surface area contributed by atoms with Gasteiger partial charge in [0.25, 0.3) is 5.91 Å². The van der Waals surface area contributed by atoms with Crippen LogP contribution in [0.4, 0.5) is 4.79 Å². The number of nitrogens with zero attached hydrogens (tertiary/aromatic N) is 2. The van der Waals surface area contributed by atoms with Crippen LogP contribution >= 0.6 is 0 Å². The Bertz CT molecular complexity index is 875. The molecule has 2 atom stereocenters. The van der Waals surface area contributed by atoms with Crippen molar-refractivity contribution < 1.29 is 28.7 Å². The molecule has 1 aliphatic heterocycles. The fourth-order valence-corrected chi connectivity index (χ4v) is 3.29. The van der Waals surface area contributed by atoms with Gasteiger partial charge in [-0.2, -0.15) is 0 Å². The van der Waals surface area contributed by atoms with Crippen molar-refractivity contribution in [2.75, 3.05) is 27.2 Å². The zero-order chi connectivity index (χ0) is 24.1. The van der Waals surface area contributed by atoms with Gasteiger partial charge in [0.1, 0.15) is 11.6 Å². The molecule has 0 spiro atoms. The number of hydrogen-bond donors (Lipinski definition) is 1. The quantitative estimate of drug-likeness (QED) is 0.527. The highest BCUT2D eigenvalue weighted by atomic mass is 16.6. The van der Waals surface area contributed by atoms with Crippen LogP contribution in [0, 0.1) is 0 Å². The van der Waals surface area contributed by atoms with Gasteiger partial charge in [-0.15, -0.1) is 0 Å². The number of likely N-dealkylation sites (N-methyl/N-ethyl adjacent to an activating group) is 1. The van der Waals surface area contributed by atoms with Gasteiger partial charge in [-0.05, 0) is 31.9 Å². The minimum absolute atomic E-state index is 0.128. The summed E-state index contributed by atoms with van der Waals surface area (Å²) in [5, 5.41) is 2.60. The average molecular weight is 446 g/mol. The minimum atomic E-state index is -1.41. The summed E-state index contributed by atoms with van der Waals surface area (Å²) in [6.45, 7) is 9.24. The molecule has 174 valence electrons. The number of nitrogens with one attached hydrogen (secondary N) is 1. The van der Waals surface area contributed by atoms with Crippen LogP contribution in [0.15, 0.2) is 30.8 Å². The first kappa shape index (κ1) is 24.9. The van der Waals surface area contributed by atoms with Crippen molar-refractivity contribution in [2.45, 2.75) is 44.9 Å². The van der Waals surface area contributed by atoms with E-state index in [1.165, 1.54) is 4.90 Å². The van der Waals surface area contributed by atoms with Crippen molar-refractivity contribution in [1.82, 2.24) is 15.1 Å². The molecule has 1 fully saturated rings. The second-order valence-electron chi connectivity index (χ2n) is 8.57. The van der Waals surface area contributed by atoms with Gasteiger partial charge in [0.15, 0.2) is 0 Å². The third kappa shape index (κ3) is 6.32. The van der Waals surface area contributed by atoms with Crippen LogP contribution in [0.3, 0.4) is 0 Å². The van der Waals surface area contributed by atoms with Crippen LogP contribution in [0.1, 0.15) is 31.9 Å². The van der Waals surface area contributed by atoms with Gasteiger partial charge in [-0.25, -0.2) is 9.59 Å². The van der Waals surface area contributed by atoms with E-state index in [2.05, 4.69) is 11.9 Å². The van der Waals surface area contributed by atoms with Gasteiger partial charge in [0.05, 0.1) is 7.11 Å². The Balaban J connectivity index is 2.33. The number of carbonyl (C=O) groups is 4. The van der Waals surface area contributed by atoms with Crippen LogP contribution in [-0.4, -0.2) is 78.6 Å². The van der Waals surface area contributed by atoms with Crippen molar-refractivity contribution in [3.63, 3.8) is 0 Å². The number of alkyl carbamates (subject to hydrolysis) is 1. The number of rotatable bonds is 6. The summed E-state index contributed by atoms with van der Waals surface area (Å²) in [4.78, 5) is 53.4. The highest BCUT2D eigenvalue weighted by Gasteiger charge is 2.44. The second kappa shape index (κ2) is 10.3. The molecule has 0 saturated carbocycles. The first-order valence-electron chi connectivity index (χ1n) is 10.3. The zero-order valence-corrected chi connectivity index (χ0v) is 19.2. The van der Waals surface area contributed by atoms with Crippen LogP contribution in [0.2, 0.25) is 0 Å². The number of ether oxygens (including phenoxy) is 2. The third-order valence-corrected chi connectivity index (χ3v) is 4.95. The Morgan fingerprint density at radius 1 is 1.22 bits per heavy atom. The zero-order valence-electron chi connectivity index (χ0n) is 19.2. The van der Waals surface area contributed by atoms with Crippen LogP contribution in [0.5, 0.6) is 0 Å². The molecule has 1 aliphatic rings. The molecule has 2 rings (SSSR count). The highest BCUT2D eigenvalue weighted by Crippen LogP contribution is 2.17. The molecule has 3 amide bonds. The summed E-state index contributed by atoms with van der Waals surface area (Å²) < 4.78 is 10.1. The second-order valence-corrected chi connectivity index (χ2v) is 8.57. The summed E-state index contributed by atoms with van der Waals surface area (Å²) in [7, 11) is 2.71. The van der Waals surface area contributed by atoms with Gasteiger partial charge in [-0.3, -0.25) is 9.59 Å². The number of esters is 1. The average Bonchev–Trinajstić information content (AvgIpc) is 2.73. The Morgan fingerprint density at radius 2 is 1.84 bits per heavy atom. The third-order valence-electron chi connectivity index (χ3n) is 4.95. The molecule has 9 heteroatoms. The van der Waals surface area contributed by atoms with E-state index in [-0.39, 0.29) is 19.5 Å². The van der Waals surface area contributed by atoms with E-state index in [0.717, 1.165) is 23.1 Å². The van der Waals surface area contributed by atoms with E-state index in [0.29, 0.717) is 0 Å². The van der Waals surface area contributed by atoms with Crippen molar-refractivity contribution in [3.05, 3.63) is 42.0 Å². The molecule has 0 radical (unpaired) electrons. The van der Waals surface area contributed by atoms with Crippen LogP contribution in [-0.2, 0) is 30.3 Å². The topological polar surface area (TPSA) is 105 Å². The van der Waals surface area contributed by atoms with Gasteiger partial charge in [-0.1, -0.05) is 36.9 Å². The van der Waals surface area contributed by atoms with Crippen molar-refractivity contribution in [3.8, 4) is 0 Å². The number of methoxy groups -OCH3 is 1.